The summed E-state index contributed by atoms with van der Waals surface area (Å²) >= 11 is 0. The molecule has 0 rings (SSSR count). The second-order valence-electron chi connectivity index (χ2n) is 1.52. The third-order valence-corrected chi connectivity index (χ3v) is 0.658. The molecule has 3 heteroatoms. The van der Waals surface area contributed by atoms with Gasteiger partial charge in [-0.2, -0.15) is 0 Å². The van der Waals surface area contributed by atoms with Crippen molar-refractivity contribution in [2.45, 2.75) is 19.8 Å². The number of carbonyl (C=O) groups excluding carboxylic acids is 1. The fourth-order valence-corrected chi connectivity index (χ4v) is 0.289. The van der Waals surface area contributed by atoms with Crippen molar-refractivity contribution in [2.75, 3.05) is 13.1 Å². The van der Waals surface area contributed by atoms with Crippen molar-refractivity contribution in [2.24, 2.45) is 11.5 Å². The van der Waals surface area contributed by atoms with Crippen LogP contribution in [0.4, 0.5) is 0 Å². The largest absolute Gasteiger partial charge is 0.330 e. The summed E-state index contributed by atoms with van der Waals surface area (Å²) in [5.41, 5.74) is 10.3. The molecule has 4 N–H and O–H groups in total. The minimum atomic E-state index is 0.750. The third-order valence-electron chi connectivity index (χ3n) is 0.658. The van der Waals surface area contributed by atoms with Gasteiger partial charge in [0.25, 0.3) is 0 Å². The van der Waals surface area contributed by atoms with E-state index < -0.39 is 0 Å². The number of unbranched alkanes of at least 4 members (excludes halogenated alkanes) is 1. The summed E-state index contributed by atoms with van der Waals surface area (Å²) in [7, 11) is 0. The van der Waals surface area contributed by atoms with Gasteiger partial charge < -0.3 is 16.3 Å². The van der Waals surface area contributed by atoms with Crippen molar-refractivity contribution < 1.29 is 4.79 Å². The van der Waals surface area contributed by atoms with Gasteiger partial charge in [0.15, 0.2) is 0 Å². The molecule has 0 unspecified atom stereocenters. The topological polar surface area (TPSA) is 69.1 Å². The SMILES string of the molecule is CC=O.NCCCCN. The first-order valence-electron chi connectivity index (χ1n) is 3.13. The molecule has 0 atom stereocenters. The molecule has 9 heavy (non-hydrogen) atoms. The summed E-state index contributed by atoms with van der Waals surface area (Å²) in [5, 5.41) is 0. The van der Waals surface area contributed by atoms with E-state index in [1.807, 2.05) is 0 Å². The molecule has 0 fully saturated rings. The Kier molecular flexibility index (Phi) is 19.8. The van der Waals surface area contributed by atoms with E-state index in [4.69, 9.17) is 16.3 Å². The van der Waals surface area contributed by atoms with E-state index in [0.29, 0.717) is 0 Å². The average Bonchev–Trinajstić information content (AvgIpc) is 1.86. The van der Waals surface area contributed by atoms with Crippen molar-refractivity contribution in [1.82, 2.24) is 0 Å². The highest BCUT2D eigenvalue weighted by Gasteiger charge is 1.75. The summed E-state index contributed by atoms with van der Waals surface area (Å²) in [6, 6.07) is 0. The molecule has 0 aliphatic heterocycles. The number of rotatable bonds is 3. The van der Waals surface area contributed by atoms with E-state index in [2.05, 4.69) is 0 Å². The standard InChI is InChI=1S/C4H12N2.C2H4O/c5-3-1-2-4-6;1-2-3/h1-6H2;2H,1H3. The van der Waals surface area contributed by atoms with Crippen molar-refractivity contribution in [1.29, 1.82) is 0 Å². The monoisotopic (exact) mass is 132 g/mol. The Morgan fingerprint density at radius 2 is 1.44 bits per heavy atom. The van der Waals surface area contributed by atoms with Crippen LogP contribution in [-0.2, 0) is 4.79 Å². The minimum absolute atomic E-state index is 0.750. The van der Waals surface area contributed by atoms with Crippen molar-refractivity contribution in [3.05, 3.63) is 0 Å². The zero-order valence-electron chi connectivity index (χ0n) is 5.97. The molecule has 0 aliphatic rings. The summed E-state index contributed by atoms with van der Waals surface area (Å²) in [6.45, 7) is 2.99. The van der Waals surface area contributed by atoms with Crippen LogP contribution in [0.5, 0.6) is 0 Å². The fourth-order valence-electron chi connectivity index (χ4n) is 0.289. The number of hydrogen-bond acceptors (Lipinski definition) is 3. The maximum absolute atomic E-state index is 8.81. The smallest absolute Gasteiger partial charge is 0.116 e. The van der Waals surface area contributed by atoms with E-state index >= 15 is 0 Å². The number of hydrogen-bond donors (Lipinski definition) is 2. The first kappa shape index (κ1) is 11.4. The van der Waals surface area contributed by atoms with Crippen molar-refractivity contribution >= 4 is 6.29 Å². The van der Waals surface area contributed by atoms with E-state index in [1.165, 1.54) is 6.92 Å². The van der Waals surface area contributed by atoms with E-state index in [9.17, 15) is 0 Å². The lowest BCUT2D eigenvalue weighted by Crippen LogP contribution is -2.03. The van der Waals surface area contributed by atoms with Gasteiger partial charge in [-0.3, -0.25) is 0 Å². The van der Waals surface area contributed by atoms with Gasteiger partial charge in [-0.05, 0) is 32.9 Å². The van der Waals surface area contributed by atoms with Crippen molar-refractivity contribution in [3.63, 3.8) is 0 Å². The van der Waals surface area contributed by atoms with Crippen LogP contribution in [0.2, 0.25) is 0 Å². The Bertz CT molecular complexity index is 44.3. The zero-order chi connectivity index (χ0) is 7.54. The molecule has 0 aromatic heterocycles. The fraction of sp³-hybridized carbons (Fsp3) is 0.833. The highest BCUT2D eigenvalue weighted by molar-refractivity contribution is 5.44. The molecule has 3 nitrogen and oxygen atoms in total. The zero-order valence-corrected chi connectivity index (χ0v) is 5.97. The average molecular weight is 132 g/mol. The third kappa shape index (κ3) is 35.4. The Balaban J connectivity index is 0. The summed E-state index contributed by atoms with van der Waals surface area (Å²) in [5.74, 6) is 0. The van der Waals surface area contributed by atoms with Crippen LogP contribution in [0.3, 0.4) is 0 Å². The normalized spacial score (nSPS) is 7.44. The second kappa shape index (κ2) is 15.6. The molecule has 0 spiro atoms. The maximum atomic E-state index is 8.81. The first-order valence-corrected chi connectivity index (χ1v) is 3.13. The molecule has 0 saturated carbocycles. The van der Waals surface area contributed by atoms with Gasteiger partial charge >= 0.3 is 0 Å². The Morgan fingerprint density at radius 1 is 1.22 bits per heavy atom. The highest BCUT2D eigenvalue weighted by atomic mass is 16.1. The lowest BCUT2D eigenvalue weighted by molar-refractivity contribution is -0.106. The van der Waals surface area contributed by atoms with Crippen LogP contribution in [-0.4, -0.2) is 19.4 Å². The highest BCUT2D eigenvalue weighted by Crippen LogP contribution is 1.77. The van der Waals surface area contributed by atoms with Crippen LogP contribution in [0.25, 0.3) is 0 Å². The lowest BCUT2D eigenvalue weighted by Gasteiger charge is -1.87. The van der Waals surface area contributed by atoms with E-state index in [0.717, 1.165) is 32.2 Å². The van der Waals surface area contributed by atoms with Crippen molar-refractivity contribution in [3.8, 4) is 0 Å². The summed E-state index contributed by atoms with van der Waals surface area (Å²) < 4.78 is 0. The first-order chi connectivity index (χ1) is 4.33. The molecule has 0 radical (unpaired) electrons. The maximum Gasteiger partial charge on any atom is 0.116 e. The second-order valence-corrected chi connectivity index (χ2v) is 1.52. The molecular weight excluding hydrogens is 116 g/mol. The molecule has 0 aliphatic carbocycles. The van der Waals surface area contributed by atoms with Gasteiger partial charge in [-0.25, -0.2) is 0 Å². The van der Waals surface area contributed by atoms with Gasteiger partial charge in [0.2, 0.25) is 0 Å². The molecule has 0 aromatic rings. The molecule has 0 saturated heterocycles. The molecule has 56 valence electrons. The van der Waals surface area contributed by atoms with Crippen LogP contribution in [0.15, 0.2) is 0 Å². The minimum Gasteiger partial charge on any atom is -0.330 e. The van der Waals surface area contributed by atoms with E-state index in [-0.39, 0.29) is 0 Å². The van der Waals surface area contributed by atoms with Crippen LogP contribution in [0.1, 0.15) is 19.8 Å². The number of nitrogens with two attached hydrogens (primary N) is 2. The van der Waals surface area contributed by atoms with Gasteiger partial charge in [-0.15, -0.1) is 0 Å². The van der Waals surface area contributed by atoms with Crippen LogP contribution >= 0.6 is 0 Å². The van der Waals surface area contributed by atoms with Gasteiger partial charge in [0.1, 0.15) is 6.29 Å². The number of aldehydes is 1. The van der Waals surface area contributed by atoms with Crippen LogP contribution < -0.4 is 11.5 Å². The molecule has 0 bridgehead atoms. The van der Waals surface area contributed by atoms with Gasteiger partial charge in [0, 0.05) is 0 Å². The lowest BCUT2D eigenvalue weighted by atomic mass is 10.3. The molecule has 0 heterocycles. The Labute approximate surface area is 56.4 Å². The Morgan fingerprint density at radius 3 is 1.56 bits per heavy atom. The quantitative estimate of drug-likeness (QED) is 0.416. The predicted octanol–water partition coefficient (Wildman–Crippen LogP) is -0.111. The summed E-state index contributed by atoms with van der Waals surface area (Å²) in [6.07, 6.45) is 2.88. The molecule has 0 amide bonds. The van der Waals surface area contributed by atoms with Gasteiger partial charge in [-0.1, -0.05) is 0 Å². The predicted molar refractivity (Wildman–Crippen MR) is 39.1 cm³/mol. The van der Waals surface area contributed by atoms with Crippen LogP contribution in [0, 0.1) is 0 Å². The molecular formula is C6H16N2O. The van der Waals surface area contributed by atoms with Gasteiger partial charge in [0.05, 0.1) is 0 Å². The summed E-state index contributed by atoms with van der Waals surface area (Å²) in [4.78, 5) is 8.81. The van der Waals surface area contributed by atoms with E-state index in [1.54, 1.807) is 0 Å². The number of carbonyl (C=O) groups is 1. The molecule has 0 aromatic carbocycles. The Hall–Kier alpha value is -0.410.